The second kappa shape index (κ2) is 7.05. The molecule has 0 aromatic heterocycles. The van der Waals surface area contributed by atoms with Crippen LogP contribution in [0.15, 0.2) is 18.2 Å². The Morgan fingerprint density at radius 2 is 1.57 bits per heavy atom. The molecule has 7 nitrogen and oxygen atoms in total. The van der Waals surface area contributed by atoms with Crippen molar-refractivity contribution in [3.05, 3.63) is 18.2 Å². The molecular formula is C14H17NO6. The molecule has 1 heterocycles. The van der Waals surface area contributed by atoms with Crippen molar-refractivity contribution in [2.45, 2.75) is 12.8 Å². The van der Waals surface area contributed by atoms with Crippen molar-refractivity contribution in [2.24, 2.45) is 0 Å². The smallest absolute Gasteiger partial charge is 0.337 e. The molecule has 0 bridgehead atoms. The molecule has 2 N–H and O–H groups in total. The van der Waals surface area contributed by atoms with E-state index in [2.05, 4.69) is 4.90 Å². The molecule has 2 rings (SSSR count). The molecular weight excluding hydrogens is 278 g/mol. The van der Waals surface area contributed by atoms with E-state index in [0.29, 0.717) is 0 Å². The van der Waals surface area contributed by atoms with E-state index >= 15 is 0 Å². The van der Waals surface area contributed by atoms with Gasteiger partial charge in [0, 0.05) is 24.8 Å². The van der Waals surface area contributed by atoms with Gasteiger partial charge in [0.05, 0.1) is 0 Å². The van der Waals surface area contributed by atoms with Crippen LogP contribution < -0.4 is 14.4 Å². The molecule has 114 valence electrons. The van der Waals surface area contributed by atoms with Crippen LogP contribution in [0.5, 0.6) is 11.5 Å². The Morgan fingerprint density at radius 1 is 1.00 bits per heavy atom. The Balaban J connectivity index is 2.25. The zero-order chi connectivity index (χ0) is 15.2. The number of esters is 2. The monoisotopic (exact) mass is 295 g/mol. The molecule has 7 heteroatoms. The van der Waals surface area contributed by atoms with E-state index in [1.807, 2.05) is 0 Å². The molecule has 1 aromatic carbocycles. The van der Waals surface area contributed by atoms with Crippen LogP contribution in [0, 0.1) is 0 Å². The van der Waals surface area contributed by atoms with E-state index in [9.17, 15) is 9.59 Å². The Kier molecular flexibility index (Phi) is 5.13. The zero-order valence-corrected chi connectivity index (χ0v) is 11.4. The van der Waals surface area contributed by atoms with Crippen LogP contribution in [0.2, 0.25) is 0 Å². The Morgan fingerprint density at radius 3 is 2.14 bits per heavy atom. The summed E-state index contributed by atoms with van der Waals surface area (Å²) in [5.41, 5.74) is 0.844. The number of anilines is 1. The van der Waals surface area contributed by atoms with Crippen molar-refractivity contribution >= 4 is 17.6 Å². The third kappa shape index (κ3) is 3.93. The summed E-state index contributed by atoms with van der Waals surface area (Å²) in [7, 11) is 0. The van der Waals surface area contributed by atoms with E-state index in [-0.39, 0.29) is 11.5 Å². The SMILES string of the molecule is O=C(CO)Oc1ccc(N2CCCC2)cc1OC(=O)CO. The lowest BCUT2D eigenvalue weighted by molar-refractivity contribution is -0.140. The molecule has 0 atom stereocenters. The molecule has 0 saturated carbocycles. The van der Waals surface area contributed by atoms with Crippen molar-refractivity contribution < 1.29 is 29.3 Å². The number of carbonyl (C=O) groups excluding carboxylic acids is 2. The van der Waals surface area contributed by atoms with Gasteiger partial charge in [0.25, 0.3) is 0 Å². The minimum atomic E-state index is -0.856. The van der Waals surface area contributed by atoms with Crippen LogP contribution in [0.25, 0.3) is 0 Å². The number of aliphatic hydroxyl groups excluding tert-OH is 2. The highest BCUT2D eigenvalue weighted by molar-refractivity contribution is 5.78. The highest BCUT2D eigenvalue weighted by atomic mass is 16.6. The van der Waals surface area contributed by atoms with Gasteiger partial charge in [0.1, 0.15) is 13.2 Å². The van der Waals surface area contributed by atoms with Crippen LogP contribution in [0.1, 0.15) is 12.8 Å². The molecule has 0 aliphatic carbocycles. The van der Waals surface area contributed by atoms with Gasteiger partial charge in [0.2, 0.25) is 0 Å². The fraction of sp³-hybridized carbons (Fsp3) is 0.429. The second-order valence-electron chi connectivity index (χ2n) is 4.59. The lowest BCUT2D eigenvalue weighted by Gasteiger charge is -2.19. The normalized spacial score (nSPS) is 14.1. The third-order valence-corrected chi connectivity index (χ3v) is 3.10. The fourth-order valence-corrected chi connectivity index (χ4v) is 2.14. The minimum absolute atomic E-state index is 0.0267. The van der Waals surface area contributed by atoms with E-state index in [4.69, 9.17) is 19.7 Å². The van der Waals surface area contributed by atoms with Crippen LogP contribution >= 0.6 is 0 Å². The number of carbonyl (C=O) groups is 2. The molecule has 0 unspecified atom stereocenters. The maximum absolute atomic E-state index is 11.2. The quantitative estimate of drug-likeness (QED) is 0.586. The van der Waals surface area contributed by atoms with Crippen molar-refractivity contribution in [1.82, 2.24) is 0 Å². The third-order valence-electron chi connectivity index (χ3n) is 3.10. The van der Waals surface area contributed by atoms with E-state index in [0.717, 1.165) is 31.6 Å². The molecule has 1 aliphatic rings. The van der Waals surface area contributed by atoms with Gasteiger partial charge in [-0.3, -0.25) is 0 Å². The van der Waals surface area contributed by atoms with E-state index in [1.165, 1.54) is 6.07 Å². The molecule has 1 fully saturated rings. The minimum Gasteiger partial charge on any atom is -0.421 e. The topological polar surface area (TPSA) is 96.3 Å². The molecule has 1 aliphatic heterocycles. The summed E-state index contributed by atoms with van der Waals surface area (Å²) in [6.45, 7) is 0.259. The number of hydrogen-bond donors (Lipinski definition) is 2. The predicted octanol–water partition coefficient (Wildman–Crippen LogP) is 0.0822. The first-order valence-electron chi connectivity index (χ1n) is 6.66. The standard InChI is InChI=1S/C14H17NO6/c16-8-13(18)20-11-4-3-10(15-5-1-2-6-15)7-12(11)21-14(19)9-17/h3-4,7,16-17H,1-2,5-6,8-9H2. The van der Waals surface area contributed by atoms with Gasteiger partial charge in [0.15, 0.2) is 11.5 Å². The summed E-state index contributed by atoms with van der Waals surface area (Å²) >= 11 is 0. The molecule has 0 amide bonds. The van der Waals surface area contributed by atoms with Crippen LogP contribution in [0.4, 0.5) is 5.69 Å². The fourth-order valence-electron chi connectivity index (χ4n) is 2.14. The molecule has 1 saturated heterocycles. The average molecular weight is 295 g/mol. The first-order valence-corrected chi connectivity index (χ1v) is 6.66. The Hall–Kier alpha value is -2.12. The van der Waals surface area contributed by atoms with Gasteiger partial charge in [-0.1, -0.05) is 0 Å². The highest BCUT2D eigenvalue weighted by Crippen LogP contribution is 2.33. The van der Waals surface area contributed by atoms with Crippen molar-refractivity contribution in [3.63, 3.8) is 0 Å². The maximum Gasteiger partial charge on any atom is 0.337 e. The molecule has 0 spiro atoms. The summed E-state index contributed by atoms with van der Waals surface area (Å²) < 4.78 is 9.86. The van der Waals surface area contributed by atoms with Crippen LogP contribution in [0.3, 0.4) is 0 Å². The summed E-state index contributed by atoms with van der Waals surface area (Å²) in [5, 5.41) is 17.5. The lowest BCUT2D eigenvalue weighted by atomic mass is 10.2. The zero-order valence-electron chi connectivity index (χ0n) is 11.4. The van der Waals surface area contributed by atoms with Crippen molar-refractivity contribution in [1.29, 1.82) is 0 Å². The number of aliphatic hydroxyl groups is 2. The first-order chi connectivity index (χ1) is 10.1. The molecule has 21 heavy (non-hydrogen) atoms. The Bertz CT molecular complexity index is 524. The number of ether oxygens (including phenoxy) is 2. The van der Waals surface area contributed by atoms with E-state index in [1.54, 1.807) is 12.1 Å². The van der Waals surface area contributed by atoms with Gasteiger partial charge < -0.3 is 24.6 Å². The van der Waals surface area contributed by atoms with Gasteiger partial charge >= 0.3 is 11.9 Å². The summed E-state index contributed by atoms with van der Waals surface area (Å²) in [5.74, 6) is -1.64. The highest BCUT2D eigenvalue weighted by Gasteiger charge is 2.18. The first kappa shape index (κ1) is 15.3. The molecule has 0 radical (unpaired) electrons. The van der Waals surface area contributed by atoms with Gasteiger partial charge in [-0.2, -0.15) is 0 Å². The number of benzene rings is 1. The van der Waals surface area contributed by atoms with Crippen LogP contribution in [-0.4, -0.2) is 48.5 Å². The predicted molar refractivity (Wildman–Crippen MR) is 73.3 cm³/mol. The van der Waals surface area contributed by atoms with Gasteiger partial charge in [-0.25, -0.2) is 9.59 Å². The second-order valence-corrected chi connectivity index (χ2v) is 4.59. The van der Waals surface area contributed by atoms with Crippen LogP contribution in [-0.2, 0) is 9.59 Å². The number of nitrogens with zero attached hydrogens (tertiary/aromatic N) is 1. The maximum atomic E-state index is 11.2. The summed E-state index contributed by atoms with van der Waals surface area (Å²) in [6, 6.07) is 4.83. The lowest BCUT2D eigenvalue weighted by Crippen LogP contribution is -2.19. The number of rotatable bonds is 5. The summed E-state index contributed by atoms with van der Waals surface area (Å²) in [6.07, 6.45) is 2.18. The molecule has 1 aromatic rings. The average Bonchev–Trinajstić information content (AvgIpc) is 3.02. The summed E-state index contributed by atoms with van der Waals surface area (Å²) in [4.78, 5) is 24.5. The Labute approximate surface area is 121 Å². The van der Waals surface area contributed by atoms with Gasteiger partial charge in [-0.05, 0) is 25.0 Å². The van der Waals surface area contributed by atoms with Crippen molar-refractivity contribution in [2.75, 3.05) is 31.2 Å². The van der Waals surface area contributed by atoms with Crippen molar-refractivity contribution in [3.8, 4) is 11.5 Å². The largest absolute Gasteiger partial charge is 0.421 e. The van der Waals surface area contributed by atoms with Gasteiger partial charge in [-0.15, -0.1) is 0 Å². The van der Waals surface area contributed by atoms with E-state index < -0.39 is 25.2 Å². The number of hydrogen-bond acceptors (Lipinski definition) is 7.